The number of methoxy groups -OCH3 is 1. The van der Waals surface area contributed by atoms with Crippen molar-refractivity contribution in [3.05, 3.63) is 30.5 Å². The Bertz CT molecular complexity index is 563. The quantitative estimate of drug-likeness (QED) is 0.609. The summed E-state index contributed by atoms with van der Waals surface area (Å²) in [7, 11) is 1.65. The fourth-order valence-corrected chi connectivity index (χ4v) is 1.99. The molecule has 0 aliphatic rings. The zero-order valence-corrected chi connectivity index (χ0v) is 11.1. The van der Waals surface area contributed by atoms with Gasteiger partial charge in [-0.15, -0.1) is 0 Å². The molecule has 0 atom stereocenters. The first kappa shape index (κ1) is 13.4. The van der Waals surface area contributed by atoms with Crippen molar-refractivity contribution in [2.75, 3.05) is 26.0 Å². The summed E-state index contributed by atoms with van der Waals surface area (Å²) in [6, 6.07) is 7.68. The van der Waals surface area contributed by atoms with E-state index >= 15 is 0 Å². The number of anilines is 1. The van der Waals surface area contributed by atoms with Crippen LogP contribution in [0, 0.1) is 0 Å². The minimum absolute atomic E-state index is 0.00368. The molecule has 5 nitrogen and oxygen atoms in total. The third-order valence-corrected chi connectivity index (χ3v) is 2.96. The van der Waals surface area contributed by atoms with Gasteiger partial charge in [0.25, 0.3) is 0 Å². The van der Waals surface area contributed by atoms with Crippen molar-refractivity contribution in [2.24, 2.45) is 0 Å². The molecule has 0 radical (unpaired) electrons. The van der Waals surface area contributed by atoms with Gasteiger partial charge in [0.1, 0.15) is 6.54 Å². The normalized spacial score (nSPS) is 10.8. The maximum absolute atomic E-state index is 11.8. The molecule has 0 fully saturated rings. The van der Waals surface area contributed by atoms with E-state index < -0.39 is 0 Å². The van der Waals surface area contributed by atoms with E-state index in [0.717, 1.165) is 17.3 Å². The molecular formula is C14H19N3O2. The van der Waals surface area contributed by atoms with Gasteiger partial charge < -0.3 is 20.4 Å². The van der Waals surface area contributed by atoms with Crippen molar-refractivity contribution < 1.29 is 9.53 Å². The van der Waals surface area contributed by atoms with Gasteiger partial charge in [-0.3, -0.25) is 4.79 Å². The highest BCUT2D eigenvalue weighted by Crippen LogP contribution is 2.18. The number of fused-ring (bicyclic) bond motifs is 1. The topological polar surface area (TPSA) is 69.3 Å². The van der Waals surface area contributed by atoms with E-state index in [1.54, 1.807) is 7.11 Å². The molecule has 0 saturated heterocycles. The first-order valence-electron chi connectivity index (χ1n) is 6.30. The number of amides is 1. The number of nitrogens with two attached hydrogens (primary N) is 1. The molecule has 0 bridgehead atoms. The molecule has 102 valence electrons. The van der Waals surface area contributed by atoms with Crippen LogP contribution in [0.15, 0.2) is 30.5 Å². The molecule has 0 aliphatic heterocycles. The third-order valence-electron chi connectivity index (χ3n) is 2.96. The Morgan fingerprint density at radius 2 is 2.26 bits per heavy atom. The first-order valence-corrected chi connectivity index (χ1v) is 6.30. The number of nitrogens with one attached hydrogen (secondary N) is 1. The predicted octanol–water partition coefficient (Wildman–Crippen LogP) is 1.38. The second-order valence-electron chi connectivity index (χ2n) is 4.46. The Morgan fingerprint density at radius 1 is 1.42 bits per heavy atom. The number of benzene rings is 1. The highest BCUT2D eigenvalue weighted by Gasteiger charge is 2.06. The number of rotatable bonds is 6. The Morgan fingerprint density at radius 3 is 3.05 bits per heavy atom. The molecular weight excluding hydrogens is 242 g/mol. The zero-order valence-electron chi connectivity index (χ0n) is 11.1. The molecule has 3 N–H and O–H groups in total. The highest BCUT2D eigenvalue weighted by molar-refractivity contribution is 5.85. The number of nitrogen functional groups attached to an aromatic ring is 1. The summed E-state index contributed by atoms with van der Waals surface area (Å²) in [5, 5.41) is 3.95. The van der Waals surface area contributed by atoms with Gasteiger partial charge in [-0.1, -0.05) is 6.07 Å². The first-order chi connectivity index (χ1) is 9.20. The molecule has 0 saturated carbocycles. The average Bonchev–Trinajstić information content (AvgIpc) is 2.77. The summed E-state index contributed by atoms with van der Waals surface area (Å²) in [5.41, 5.74) is 7.45. The minimum atomic E-state index is -0.00368. The summed E-state index contributed by atoms with van der Waals surface area (Å²) < 4.78 is 6.83. The monoisotopic (exact) mass is 261 g/mol. The fraction of sp³-hybridized carbons (Fsp3) is 0.357. The van der Waals surface area contributed by atoms with Crippen molar-refractivity contribution in [1.29, 1.82) is 0 Å². The molecule has 2 aromatic rings. The van der Waals surface area contributed by atoms with Crippen LogP contribution in [0.2, 0.25) is 0 Å². The molecule has 19 heavy (non-hydrogen) atoms. The van der Waals surface area contributed by atoms with Crippen LogP contribution in [-0.2, 0) is 16.1 Å². The second-order valence-corrected chi connectivity index (χ2v) is 4.46. The number of ether oxygens (including phenoxy) is 1. The van der Waals surface area contributed by atoms with Crippen LogP contribution in [0.5, 0.6) is 0 Å². The van der Waals surface area contributed by atoms with Gasteiger partial charge in [-0.25, -0.2) is 0 Å². The van der Waals surface area contributed by atoms with E-state index in [-0.39, 0.29) is 5.91 Å². The van der Waals surface area contributed by atoms with Gasteiger partial charge in [-0.05, 0) is 30.0 Å². The number of aromatic nitrogens is 1. The van der Waals surface area contributed by atoms with E-state index in [0.29, 0.717) is 25.4 Å². The van der Waals surface area contributed by atoms with Gasteiger partial charge in [-0.2, -0.15) is 0 Å². The fourth-order valence-electron chi connectivity index (χ4n) is 1.99. The summed E-state index contributed by atoms with van der Waals surface area (Å²) in [4.78, 5) is 11.8. The molecule has 0 aliphatic carbocycles. The average molecular weight is 261 g/mol. The predicted molar refractivity (Wildman–Crippen MR) is 75.9 cm³/mol. The molecule has 2 rings (SSSR count). The van der Waals surface area contributed by atoms with Gasteiger partial charge >= 0.3 is 0 Å². The summed E-state index contributed by atoms with van der Waals surface area (Å²) in [6.07, 6.45) is 2.72. The summed E-state index contributed by atoms with van der Waals surface area (Å²) in [6.45, 7) is 1.59. The maximum Gasteiger partial charge on any atom is 0.239 e. The van der Waals surface area contributed by atoms with Gasteiger partial charge in [0.2, 0.25) is 5.91 Å². The lowest BCUT2D eigenvalue weighted by Gasteiger charge is -2.07. The van der Waals surface area contributed by atoms with Crippen molar-refractivity contribution in [3.63, 3.8) is 0 Å². The number of hydrogen-bond donors (Lipinski definition) is 2. The molecule has 5 heteroatoms. The van der Waals surface area contributed by atoms with Crippen LogP contribution in [0.1, 0.15) is 6.42 Å². The Labute approximate surface area is 112 Å². The van der Waals surface area contributed by atoms with Crippen LogP contribution in [-0.4, -0.2) is 30.7 Å². The molecule has 1 heterocycles. The van der Waals surface area contributed by atoms with E-state index in [1.165, 1.54) is 0 Å². The standard InChI is InChI=1S/C14H19N3O2/c1-19-8-2-6-16-14(18)10-17-7-5-11-3-4-12(15)9-13(11)17/h3-5,7,9H,2,6,8,10,15H2,1H3,(H,16,18). The number of carbonyl (C=O) groups excluding carboxylic acids is 1. The lowest BCUT2D eigenvalue weighted by Crippen LogP contribution is -2.28. The Balaban J connectivity index is 1.97. The van der Waals surface area contributed by atoms with Crippen molar-refractivity contribution in [3.8, 4) is 0 Å². The number of carbonyl (C=O) groups is 1. The van der Waals surface area contributed by atoms with Crippen LogP contribution >= 0.6 is 0 Å². The van der Waals surface area contributed by atoms with Crippen LogP contribution in [0.4, 0.5) is 5.69 Å². The Hall–Kier alpha value is -2.01. The Kier molecular flexibility index (Phi) is 4.41. The molecule has 1 amide bonds. The van der Waals surface area contributed by atoms with E-state index in [4.69, 9.17) is 10.5 Å². The zero-order chi connectivity index (χ0) is 13.7. The van der Waals surface area contributed by atoms with E-state index in [9.17, 15) is 4.79 Å². The van der Waals surface area contributed by atoms with Gasteiger partial charge in [0.05, 0.1) is 5.52 Å². The van der Waals surface area contributed by atoms with Crippen molar-refractivity contribution >= 4 is 22.5 Å². The van der Waals surface area contributed by atoms with E-state index in [2.05, 4.69) is 5.32 Å². The smallest absolute Gasteiger partial charge is 0.239 e. The lowest BCUT2D eigenvalue weighted by molar-refractivity contribution is -0.121. The third kappa shape index (κ3) is 3.48. The molecule has 1 aromatic heterocycles. The van der Waals surface area contributed by atoms with Gasteiger partial charge in [0.15, 0.2) is 0 Å². The van der Waals surface area contributed by atoms with Gasteiger partial charge in [0, 0.05) is 32.1 Å². The number of hydrogen-bond acceptors (Lipinski definition) is 3. The second kappa shape index (κ2) is 6.24. The van der Waals surface area contributed by atoms with Crippen molar-refractivity contribution in [1.82, 2.24) is 9.88 Å². The van der Waals surface area contributed by atoms with E-state index in [1.807, 2.05) is 35.0 Å². The van der Waals surface area contributed by atoms with Crippen LogP contribution < -0.4 is 11.1 Å². The number of nitrogens with zero attached hydrogens (tertiary/aromatic N) is 1. The summed E-state index contributed by atoms with van der Waals surface area (Å²) >= 11 is 0. The maximum atomic E-state index is 11.8. The summed E-state index contributed by atoms with van der Waals surface area (Å²) in [5.74, 6) is -0.00368. The molecule has 1 aromatic carbocycles. The highest BCUT2D eigenvalue weighted by atomic mass is 16.5. The SMILES string of the molecule is COCCCNC(=O)Cn1ccc2ccc(N)cc21. The molecule has 0 unspecified atom stereocenters. The van der Waals surface area contributed by atoms with Crippen molar-refractivity contribution in [2.45, 2.75) is 13.0 Å². The lowest BCUT2D eigenvalue weighted by atomic mass is 10.2. The largest absolute Gasteiger partial charge is 0.399 e. The van der Waals surface area contributed by atoms with Crippen LogP contribution in [0.3, 0.4) is 0 Å². The van der Waals surface area contributed by atoms with Crippen LogP contribution in [0.25, 0.3) is 10.9 Å². The minimum Gasteiger partial charge on any atom is -0.399 e. The molecule has 0 spiro atoms.